The molecule has 2 fully saturated rings. The van der Waals surface area contributed by atoms with E-state index < -0.39 is 20.5 Å². The van der Waals surface area contributed by atoms with Crippen molar-refractivity contribution in [2.45, 2.75) is 37.0 Å². The largest absolute Gasteiger partial charge is 0.351 e. The summed E-state index contributed by atoms with van der Waals surface area (Å²) in [6.07, 6.45) is 3.17. The summed E-state index contributed by atoms with van der Waals surface area (Å²) in [6.45, 7) is 2.02. The van der Waals surface area contributed by atoms with E-state index in [0.717, 1.165) is 30.5 Å². The predicted octanol–water partition coefficient (Wildman–Crippen LogP) is 0.596. The highest BCUT2D eigenvalue weighted by Crippen LogP contribution is 2.28. The maximum absolute atomic E-state index is 12.7. The third-order valence-electron chi connectivity index (χ3n) is 5.31. The number of carbonyl (C=O) groups excluding carboxylic acids is 2. The second kappa shape index (κ2) is 7.36. The second-order valence-electron chi connectivity index (χ2n) is 7.01. The molecule has 2 heterocycles. The molecule has 8 heteroatoms. The van der Waals surface area contributed by atoms with Gasteiger partial charge in [0.25, 0.3) is 0 Å². The molecular weight excluding hydrogens is 354 g/mol. The lowest BCUT2D eigenvalue weighted by atomic mass is 9.95. The van der Waals surface area contributed by atoms with Crippen molar-refractivity contribution in [3.05, 3.63) is 29.8 Å². The van der Waals surface area contributed by atoms with Crippen molar-refractivity contribution >= 4 is 27.3 Å². The number of piperidine rings is 1. The smallest absolute Gasteiger partial charge is 0.241 e. The minimum Gasteiger partial charge on any atom is -0.351 e. The van der Waals surface area contributed by atoms with E-state index in [1.165, 1.54) is 0 Å². The zero-order valence-electron chi connectivity index (χ0n) is 15.0. The van der Waals surface area contributed by atoms with Crippen LogP contribution in [0, 0.1) is 0 Å². The summed E-state index contributed by atoms with van der Waals surface area (Å²) < 4.78 is 23.2. The number of benzene rings is 1. The van der Waals surface area contributed by atoms with Crippen molar-refractivity contribution in [2.75, 3.05) is 30.8 Å². The van der Waals surface area contributed by atoms with Gasteiger partial charge in [-0.3, -0.25) is 9.59 Å². The lowest BCUT2D eigenvalue weighted by molar-refractivity contribution is -0.124. The normalized spacial score (nSPS) is 20.2. The molecule has 142 valence electrons. The predicted molar refractivity (Wildman–Crippen MR) is 99.6 cm³/mol. The monoisotopic (exact) mass is 379 g/mol. The number of hydrogen-bond donors (Lipinski definition) is 2. The average molecular weight is 379 g/mol. The van der Waals surface area contributed by atoms with Gasteiger partial charge in [0, 0.05) is 31.5 Å². The fourth-order valence-corrected chi connectivity index (χ4v) is 5.01. The van der Waals surface area contributed by atoms with Gasteiger partial charge in [0.1, 0.15) is 0 Å². The van der Waals surface area contributed by atoms with Gasteiger partial charge < -0.3 is 15.5 Å². The number of nitrogens with zero attached hydrogens (tertiary/aromatic N) is 1. The molecule has 2 aliphatic heterocycles. The van der Waals surface area contributed by atoms with Crippen LogP contribution in [-0.4, -0.2) is 50.9 Å². The molecule has 0 radical (unpaired) electrons. The van der Waals surface area contributed by atoms with Crippen LogP contribution in [0.5, 0.6) is 0 Å². The van der Waals surface area contributed by atoms with Gasteiger partial charge in [-0.05, 0) is 50.0 Å². The van der Waals surface area contributed by atoms with Crippen LogP contribution in [0.2, 0.25) is 0 Å². The van der Waals surface area contributed by atoms with Gasteiger partial charge in [-0.25, -0.2) is 8.42 Å². The SMILES string of the molecule is CS(=O)(=O)C1(C(=O)NCc2ccc(N3CCCC3=O)cc2)CCNCC1. The Labute approximate surface area is 154 Å². The van der Waals surface area contributed by atoms with Crippen LogP contribution in [0.25, 0.3) is 0 Å². The lowest BCUT2D eigenvalue weighted by Gasteiger charge is -2.34. The molecule has 0 saturated carbocycles. The molecule has 0 unspecified atom stereocenters. The number of anilines is 1. The molecule has 0 bridgehead atoms. The number of nitrogens with one attached hydrogen (secondary N) is 2. The molecule has 2 saturated heterocycles. The minimum absolute atomic E-state index is 0.132. The molecule has 1 aromatic carbocycles. The zero-order chi connectivity index (χ0) is 18.8. The Hall–Kier alpha value is -1.93. The average Bonchev–Trinajstić information content (AvgIpc) is 3.06. The van der Waals surface area contributed by atoms with E-state index in [4.69, 9.17) is 0 Å². The molecule has 3 rings (SSSR count). The van der Waals surface area contributed by atoms with E-state index in [-0.39, 0.29) is 25.3 Å². The topological polar surface area (TPSA) is 95.6 Å². The molecule has 26 heavy (non-hydrogen) atoms. The number of hydrogen-bond acceptors (Lipinski definition) is 5. The molecule has 2 amide bonds. The first-order chi connectivity index (χ1) is 12.3. The maximum Gasteiger partial charge on any atom is 0.241 e. The highest BCUT2D eigenvalue weighted by atomic mass is 32.2. The highest BCUT2D eigenvalue weighted by molar-refractivity contribution is 7.92. The van der Waals surface area contributed by atoms with Crippen molar-refractivity contribution in [3.8, 4) is 0 Å². The van der Waals surface area contributed by atoms with E-state index in [1.54, 1.807) is 4.90 Å². The van der Waals surface area contributed by atoms with Crippen molar-refractivity contribution in [1.29, 1.82) is 0 Å². The molecular formula is C18H25N3O4S. The third kappa shape index (κ3) is 3.61. The van der Waals surface area contributed by atoms with Gasteiger partial charge in [-0.1, -0.05) is 12.1 Å². The van der Waals surface area contributed by atoms with E-state index in [0.29, 0.717) is 19.5 Å². The first-order valence-electron chi connectivity index (χ1n) is 8.91. The fraction of sp³-hybridized carbons (Fsp3) is 0.556. The standard InChI is InChI=1S/C18H25N3O4S/c1-26(24,25)18(8-10-19-11-9-18)17(23)20-13-14-4-6-15(7-5-14)21-12-2-3-16(21)22/h4-7,19H,2-3,8-13H2,1H3,(H,20,23). The summed E-state index contributed by atoms with van der Waals surface area (Å²) in [7, 11) is -3.51. The molecule has 0 atom stereocenters. The van der Waals surface area contributed by atoms with Gasteiger partial charge in [0.05, 0.1) is 0 Å². The van der Waals surface area contributed by atoms with Crippen molar-refractivity contribution in [1.82, 2.24) is 10.6 Å². The summed E-state index contributed by atoms with van der Waals surface area (Å²) in [5.41, 5.74) is 1.72. The van der Waals surface area contributed by atoms with Crippen LogP contribution >= 0.6 is 0 Å². The van der Waals surface area contributed by atoms with Gasteiger partial charge in [0.2, 0.25) is 11.8 Å². The summed E-state index contributed by atoms with van der Waals surface area (Å²) >= 11 is 0. The van der Waals surface area contributed by atoms with Gasteiger partial charge in [0.15, 0.2) is 14.6 Å². The number of rotatable bonds is 5. The summed E-state index contributed by atoms with van der Waals surface area (Å²) in [4.78, 5) is 26.2. The first-order valence-corrected chi connectivity index (χ1v) is 10.8. The van der Waals surface area contributed by atoms with Gasteiger partial charge in [-0.15, -0.1) is 0 Å². The highest BCUT2D eigenvalue weighted by Gasteiger charge is 2.48. The van der Waals surface area contributed by atoms with E-state index in [1.807, 2.05) is 24.3 Å². The summed E-state index contributed by atoms with van der Waals surface area (Å²) in [5, 5.41) is 5.89. The van der Waals surface area contributed by atoms with Crippen LogP contribution in [0.4, 0.5) is 5.69 Å². The van der Waals surface area contributed by atoms with Gasteiger partial charge in [-0.2, -0.15) is 0 Å². The second-order valence-corrected chi connectivity index (χ2v) is 9.34. The molecule has 0 spiro atoms. The van der Waals surface area contributed by atoms with E-state index >= 15 is 0 Å². The Morgan fingerprint density at radius 1 is 1.23 bits per heavy atom. The quantitative estimate of drug-likeness (QED) is 0.781. The first kappa shape index (κ1) is 18.8. The van der Waals surface area contributed by atoms with E-state index in [2.05, 4.69) is 10.6 Å². The Balaban J connectivity index is 1.66. The Kier molecular flexibility index (Phi) is 5.34. The molecule has 2 aliphatic rings. The fourth-order valence-electron chi connectivity index (χ4n) is 3.66. The van der Waals surface area contributed by atoms with Crippen LogP contribution in [-0.2, 0) is 26.0 Å². The third-order valence-corrected chi connectivity index (χ3v) is 7.32. The number of amides is 2. The Morgan fingerprint density at radius 2 is 1.88 bits per heavy atom. The molecule has 7 nitrogen and oxygen atoms in total. The van der Waals surface area contributed by atoms with Crippen LogP contribution in [0.15, 0.2) is 24.3 Å². The van der Waals surface area contributed by atoms with Crippen LogP contribution in [0.3, 0.4) is 0 Å². The minimum atomic E-state index is -3.51. The molecule has 2 N–H and O–H groups in total. The number of carbonyl (C=O) groups is 2. The van der Waals surface area contributed by atoms with Crippen molar-refractivity contribution in [2.24, 2.45) is 0 Å². The molecule has 1 aromatic rings. The van der Waals surface area contributed by atoms with Gasteiger partial charge >= 0.3 is 0 Å². The Bertz CT molecular complexity index is 783. The maximum atomic E-state index is 12.7. The zero-order valence-corrected chi connectivity index (χ0v) is 15.8. The summed E-state index contributed by atoms with van der Waals surface area (Å²) in [6, 6.07) is 7.44. The van der Waals surface area contributed by atoms with Crippen LogP contribution < -0.4 is 15.5 Å². The van der Waals surface area contributed by atoms with Crippen LogP contribution in [0.1, 0.15) is 31.2 Å². The van der Waals surface area contributed by atoms with E-state index in [9.17, 15) is 18.0 Å². The Morgan fingerprint density at radius 3 is 2.42 bits per heavy atom. The summed E-state index contributed by atoms with van der Waals surface area (Å²) in [5.74, 6) is -0.299. The lowest BCUT2D eigenvalue weighted by Crippen LogP contribution is -2.57. The molecule has 0 aromatic heterocycles. The van der Waals surface area contributed by atoms with Crippen molar-refractivity contribution in [3.63, 3.8) is 0 Å². The molecule has 0 aliphatic carbocycles. The number of sulfone groups is 1. The van der Waals surface area contributed by atoms with Crippen molar-refractivity contribution < 1.29 is 18.0 Å².